The van der Waals surface area contributed by atoms with Gasteiger partial charge >= 0.3 is 5.97 Å². The second-order valence-electron chi connectivity index (χ2n) is 4.85. The number of hydrogen-bond acceptors (Lipinski definition) is 6. The molecule has 2 aromatic heterocycles. The maximum absolute atomic E-state index is 11.4. The molecule has 0 aliphatic carbocycles. The summed E-state index contributed by atoms with van der Waals surface area (Å²) < 4.78 is 4.90. The first-order valence-corrected chi connectivity index (χ1v) is 8.54. The number of nitrogens with zero attached hydrogens (tertiary/aromatic N) is 2. The highest BCUT2D eigenvalue weighted by molar-refractivity contribution is 7.20. The number of carbonyl (C=O) groups is 1. The maximum atomic E-state index is 11.4. The maximum Gasteiger partial charge on any atom is 0.330 e. The van der Waals surface area contributed by atoms with Crippen molar-refractivity contribution in [3.63, 3.8) is 0 Å². The number of thiazole rings is 2. The molecule has 0 atom stereocenters. The number of rotatable bonds is 6. The quantitative estimate of drug-likeness (QED) is 0.595. The van der Waals surface area contributed by atoms with Crippen LogP contribution in [0.3, 0.4) is 0 Å². The second kappa shape index (κ2) is 7.47. The summed E-state index contributed by atoms with van der Waals surface area (Å²) in [5, 5.41) is 3.76. The van der Waals surface area contributed by atoms with Crippen molar-refractivity contribution < 1.29 is 9.53 Å². The second-order valence-corrected chi connectivity index (χ2v) is 6.83. The molecule has 0 saturated heterocycles. The van der Waals surface area contributed by atoms with Gasteiger partial charge in [-0.2, -0.15) is 0 Å². The largest absolute Gasteiger partial charge is 0.463 e. The minimum atomic E-state index is -0.336. The summed E-state index contributed by atoms with van der Waals surface area (Å²) in [6, 6.07) is 0. The van der Waals surface area contributed by atoms with Gasteiger partial charge in [-0.1, -0.05) is 13.8 Å². The van der Waals surface area contributed by atoms with E-state index in [-0.39, 0.29) is 5.97 Å². The van der Waals surface area contributed by atoms with Crippen LogP contribution in [-0.4, -0.2) is 22.5 Å². The SMILES string of the molecule is CCOC(=O)C=Cc1nc(-c2nccs2)sc1CC(C)C. The lowest BCUT2D eigenvalue weighted by atomic mass is 10.1. The molecule has 0 aromatic carbocycles. The van der Waals surface area contributed by atoms with Gasteiger partial charge in [-0.3, -0.25) is 0 Å². The molecule has 0 spiro atoms. The first-order valence-electron chi connectivity index (χ1n) is 6.84. The molecule has 0 aliphatic heterocycles. The van der Waals surface area contributed by atoms with Gasteiger partial charge in [0.1, 0.15) is 0 Å². The molecule has 2 rings (SSSR count). The zero-order valence-corrected chi connectivity index (χ0v) is 14.0. The Bertz CT molecular complexity index is 616. The summed E-state index contributed by atoms with van der Waals surface area (Å²) in [6.45, 7) is 6.51. The third kappa shape index (κ3) is 4.47. The predicted molar refractivity (Wildman–Crippen MR) is 87.4 cm³/mol. The van der Waals surface area contributed by atoms with Crippen LogP contribution in [0, 0.1) is 5.92 Å². The average Bonchev–Trinajstić information content (AvgIpc) is 3.05. The van der Waals surface area contributed by atoms with Crippen LogP contribution in [0.5, 0.6) is 0 Å². The Labute approximate surface area is 132 Å². The molecule has 2 heterocycles. The number of ether oxygens (including phenoxy) is 1. The lowest BCUT2D eigenvalue weighted by Gasteiger charge is -2.01. The van der Waals surface area contributed by atoms with Crippen LogP contribution in [0.2, 0.25) is 0 Å². The molecule has 112 valence electrons. The monoisotopic (exact) mass is 322 g/mol. The highest BCUT2D eigenvalue weighted by Gasteiger charge is 2.14. The lowest BCUT2D eigenvalue weighted by molar-refractivity contribution is -0.137. The first kappa shape index (κ1) is 15.9. The zero-order chi connectivity index (χ0) is 15.2. The van der Waals surface area contributed by atoms with E-state index in [1.165, 1.54) is 11.0 Å². The van der Waals surface area contributed by atoms with Crippen molar-refractivity contribution in [1.29, 1.82) is 0 Å². The summed E-state index contributed by atoms with van der Waals surface area (Å²) >= 11 is 3.21. The van der Waals surface area contributed by atoms with Crippen LogP contribution in [-0.2, 0) is 16.0 Å². The molecular weight excluding hydrogens is 304 g/mol. The molecule has 0 N–H and O–H groups in total. The summed E-state index contributed by atoms with van der Waals surface area (Å²) in [5.41, 5.74) is 0.840. The molecule has 0 aliphatic rings. The van der Waals surface area contributed by atoms with E-state index in [4.69, 9.17) is 4.74 Å². The Morgan fingerprint density at radius 3 is 2.86 bits per heavy atom. The third-order valence-corrected chi connectivity index (χ3v) is 4.61. The van der Waals surface area contributed by atoms with Crippen LogP contribution in [0.4, 0.5) is 0 Å². The van der Waals surface area contributed by atoms with Crippen LogP contribution >= 0.6 is 22.7 Å². The molecule has 0 fully saturated rings. The normalized spacial score (nSPS) is 11.4. The molecule has 0 saturated carbocycles. The van der Waals surface area contributed by atoms with Crippen molar-refractivity contribution in [2.75, 3.05) is 6.61 Å². The Kier molecular flexibility index (Phi) is 5.64. The van der Waals surface area contributed by atoms with E-state index in [1.807, 2.05) is 5.38 Å². The highest BCUT2D eigenvalue weighted by atomic mass is 32.1. The van der Waals surface area contributed by atoms with E-state index >= 15 is 0 Å². The fraction of sp³-hybridized carbons (Fsp3) is 0.400. The number of esters is 1. The van der Waals surface area contributed by atoms with Crippen LogP contribution in [0.15, 0.2) is 17.7 Å². The first-order chi connectivity index (χ1) is 10.1. The minimum absolute atomic E-state index is 0.336. The molecule has 21 heavy (non-hydrogen) atoms. The average molecular weight is 322 g/mol. The van der Waals surface area contributed by atoms with Gasteiger partial charge in [-0.05, 0) is 25.3 Å². The van der Waals surface area contributed by atoms with Gasteiger partial charge in [0.15, 0.2) is 10.0 Å². The number of carbonyl (C=O) groups excluding carboxylic acids is 1. The topological polar surface area (TPSA) is 52.1 Å². The third-order valence-electron chi connectivity index (χ3n) is 2.60. The Morgan fingerprint density at radius 1 is 1.43 bits per heavy atom. The van der Waals surface area contributed by atoms with E-state index < -0.39 is 0 Å². The van der Waals surface area contributed by atoms with E-state index in [0.717, 1.165) is 22.1 Å². The predicted octanol–water partition coefficient (Wildman–Crippen LogP) is 4.04. The molecule has 0 radical (unpaired) electrons. The molecule has 2 aromatic rings. The van der Waals surface area contributed by atoms with Crippen LogP contribution in [0.25, 0.3) is 16.1 Å². The molecule has 4 nitrogen and oxygen atoms in total. The van der Waals surface area contributed by atoms with E-state index in [9.17, 15) is 4.79 Å². The molecule has 0 bridgehead atoms. The molecule has 0 unspecified atom stereocenters. The van der Waals surface area contributed by atoms with Crippen molar-refractivity contribution in [3.05, 3.63) is 28.2 Å². The van der Waals surface area contributed by atoms with Gasteiger partial charge in [-0.25, -0.2) is 14.8 Å². The zero-order valence-electron chi connectivity index (χ0n) is 12.3. The fourth-order valence-electron chi connectivity index (χ4n) is 1.77. The number of hydrogen-bond donors (Lipinski definition) is 0. The summed E-state index contributed by atoms with van der Waals surface area (Å²) in [5.74, 6) is 0.195. The Balaban J connectivity index is 2.27. The van der Waals surface area contributed by atoms with Crippen molar-refractivity contribution in [2.45, 2.75) is 27.2 Å². The summed E-state index contributed by atoms with van der Waals surface area (Å²) in [4.78, 5) is 21.5. The van der Waals surface area contributed by atoms with Gasteiger partial charge in [0, 0.05) is 22.5 Å². The Morgan fingerprint density at radius 2 is 2.24 bits per heavy atom. The standard InChI is InChI=1S/C15H18N2O2S2/c1-4-19-13(18)6-5-11-12(9-10(2)3)21-15(17-11)14-16-7-8-20-14/h5-8,10H,4,9H2,1-3H3. The number of aromatic nitrogens is 2. The Hall–Kier alpha value is -1.53. The van der Waals surface area contributed by atoms with Crippen LogP contribution in [0.1, 0.15) is 31.3 Å². The van der Waals surface area contributed by atoms with Gasteiger partial charge in [0.2, 0.25) is 0 Å². The smallest absolute Gasteiger partial charge is 0.330 e. The van der Waals surface area contributed by atoms with Crippen molar-refractivity contribution in [1.82, 2.24) is 9.97 Å². The van der Waals surface area contributed by atoms with Crippen molar-refractivity contribution in [2.24, 2.45) is 5.92 Å². The van der Waals surface area contributed by atoms with Crippen LogP contribution < -0.4 is 0 Å². The molecule has 6 heteroatoms. The lowest BCUT2D eigenvalue weighted by Crippen LogP contribution is -1.99. The van der Waals surface area contributed by atoms with E-state index in [0.29, 0.717) is 12.5 Å². The minimum Gasteiger partial charge on any atom is -0.463 e. The van der Waals surface area contributed by atoms with Gasteiger partial charge in [0.25, 0.3) is 0 Å². The van der Waals surface area contributed by atoms with E-state index in [2.05, 4.69) is 23.8 Å². The molecular formula is C15H18N2O2S2. The van der Waals surface area contributed by atoms with Crippen molar-refractivity contribution in [3.8, 4) is 10.0 Å². The van der Waals surface area contributed by atoms with Crippen molar-refractivity contribution >= 4 is 34.7 Å². The van der Waals surface area contributed by atoms with E-state index in [1.54, 1.807) is 41.9 Å². The highest BCUT2D eigenvalue weighted by Crippen LogP contribution is 2.31. The summed E-state index contributed by atoms with van der Waals surface area (Å²) in [7, 11) is 0. The van der Waals surface area contributed by atoms with Gasteiger partial charge in [0.05, 0.1) is 12.3 Å². The molecule has 0 amide bonds. The fourth-order valence-corrected chi connectivity index (χ4v) is 3.71. The van der Waals surface area contributed by atoms with Gasteiger partial charge < -0.3 is 4.74 Å². The van der Waals surface area contributed by atoms with Gasteiger partial charge in [-0.15, -0.1) is 22.7 Å². The summed E-state index contributed by atoms with van der Waals surface area (Å²) in [6.07, 6.45) is 5.89.